The van der Waals surface area contributed by atoms with Gasteiger partial charge in [-0.15, -0.1) is 0 Å². The van der Waals surface area contributed by atoms with Crippen LogP contribution in [-0.2, 0) is 27.7 Å². The predicted molar refractivity (Wildman–Crippen MR) is 166 cm³/mol. The molecule has 0 aliphatic heterocycles. The fraction of sp³-hybridized carbons (Fsp3) is 0.500. The molecule has 1 aromatic carbocycles. The second-order valence-corrected chi connectivity index (χ2v) is 14.4. The molecule has 0 amide bonds. The van der Waals surface area contributed by atoms with Gasteiger partial charge < -0.3 is 29.8 Å². The lowest BCUT2D eigenvalue weighted by Gasteiger charge is -2.13. The van der Waals surface area contributed by atoms with Crippen LogP contribution in [0.15, 0.2) is 35.1 Å². The van der Waals surface area contributed by atoms with E-state index >= 15 is 0 Å². The molecule has 0 aliphatic rings. The highest BCUT2D eigenvalue weighted by molar-refractivity contribution is 7.57. The van der Waals surface area contributed by atoms with Crippen molar-refractivity contribution in [3.63, 3.8) is 0 Å². The molecule has 1 heterocycles. The molecule has 0 bridgehead atoms. The first kappa shape index (κ1) is 57.0. The number of nitrogens with one attached hydrogen (secondary N) is 1. The number of aryl methyl sites for hydroxylation is 2. The molecule has 274 valence electrons. The summed E-state index contributed by atoms with van der Waals surface area (Å²) in [7, 11) is -10.2. The Kier molecular flexibility index (Phi) is 39.9. The van der Waals surface area contributed by atoms with Gasteiger partial charge in [0.1, 0.15) is 5.69 Å². The van der Waals surface area contributed by atoms with Gasteiger partial charge in [-0.05, 0) is 13.8 Å². The summed E-state index contributed by atoms with van der Waals surface area (Å²) in [5.74, 6) is -1.67. The standard InChI is InChI=1S/C7H8.C3H4N2OS.C2H7O4P.C2H7O3P.2C2H4O2.CH5O4P.CH5O3P/c1-7-5-3-2-4-6-7;1-2-3(6)5-7-4-2;1-5-7(3,4)6-2;1-5-6(2,3)4;2*1-2(3)4;1-5-6(2,3)4;1-5(2,3)4/h2-6H,1H3;1H3,(H,5,6);1-2H3,(H,3,4);1-2H3,(H,3,4);2*1H3,(H,3,4);1H3,(H2,2,3,4);1H3,(H2,2,3,4). The Hall–Kier alpha value is -1.32. The maximum absolute atomic E-state index is 10.3. The smallest absolute Gasteiger partial charge is 0.376 e. The highest BCUT2D eigenvalue weighted by Gasteiger charge is 2.20. The third-order valence-corrected chi connectivity index (χ3v) is 5.35. The Morgan fingerprint density at radius 3 is 1.11 bits per heavy atom. The molecule has 21 nitrogen and oxygen atoms in total. The van der Waals surface area contributed by atoms with Gasteiger partial charge >= 0.3 is 16.3 Å². The Bertz CT molecular complexity index is 981. The minimum Gasteiger partial charge on any atom is -0.632 e. The number of rotatable bonds is 4. The molecule has 0 aliphatic carbocycles. The van der Waals surface area contributed by atoms with Gasteiger partial charge in [0.2, 0.25) is 15.9 Å². The number of H-pyrrole nitrogens is 1. The maximum Gasteiger partial charge on any atom is 0.376 e. The number of benzene rings is 1. The minimum atomic E-state index is -4.15. The van der Waals surface area contributed by atoms with E-state index in [4.69, 9.17) is 49.2 Å². The molecule has 0 spiro atoms. The van der Waals surface area contributed by atoms with Gasteiger partial charge in [-0.2, -0.15) is 32.6 Å². The fourth-order valence-electron chi connectivity index (χ4n) is 0.857. The van der Waals surface area contributed by atoms with Gasteiger partial charge in [-0.3, -0.25) is 18.8 Å². The summed E-state index contributed by atoms with van der Waals surface area (Å²) < 4.78 is 21.7. The van der Waals surface area contributed by atoms with Crippen molar-refractivity contribution < 1.29 is 86.8 Å². The van der Waals surface area contributed by atoms with Crippen molar-refractivity contribution in [3.8, 4) is 0 Å². The van der Waals surface area contributed by atoms with E-state index in [1.807, 2.05) is 18.2 Å². The second-order valence-electron chi connectivity index (χ2n) is 7.22. The topological polar surface area (TPSA) is 371 Å². The molecule has 46 heavy (non-hydrogen) atoms. The van der Waals surface area contributed by atoms with E-state index < -0.39 is 44.2 Å². The lowest BCUT2D eigenvalue weighted by Crippen LogP contribution is -2.10. The number of aromatic amines is 1. The van der Waals surface area contributed by atoms with Crippen molar-refractivity contribution in [3.05, 3.63) is 51.9 Å². The average molecular weight is 773 g/mol. The molecule has 1 unspecified atom stereocenters. The molecule has 1 atom stereocenters. The average Bonchev–Trinajstić information content (AvgIpc) is 3.25. The molecular formula is C20H44N2O19P4S. The number of phosphoric ester groups is 2. The number of aliphatic carboxylic acids is 2. The summed E-state index contributed by atoms with van der Waals surface area (Å²) in [6, 6.07) is 10.3. The van der Waals surface area contributed by atoms with Crippen LogP contribution in [0.4, 0.5) is 0 Å². The molecular weight excluding hydrogens is 728 g/mol. The van der Waals surface area contributed by atoms with Crippen molar-refractivity contribution in [1.82, 2.24) is 8.75 Å². The SMILES string of the molecule is CC(=O)O.CC(=O)O.CO[P+](C)([O-])O.CO[P+]([O-])(O)O.CO[P+]([O-])(O)OC.C[P+]([O-])(O)O.Cc1ccccc1.Cc1ns[nH]c1=O. The van der Waals surface area contributed by atoms with E-state index in [-0.39, 0.29) is 5.56 Å². The number of carbonyl (C=O) groups is 2. The van der Waals surface area contributed by atoms with Crippen LogP contribution in [0.5, 0.6) is 0 Å². The molecule has 2 rings (SSSR count). The van der Waals surface area contributed by atoms with Crippen LogP contribution in [-0.4, -0.2) is 102 Å². The molecule has 0 radical (unpaired) electrons. The first-order chi connectivity index (χ1) is 20.4. The molecule has 1 aromatic heterocycles. The lowest BCUT2D eigenvalue weighted by molar-refractivity contribution is -0.238. The third-order valence-electron chi connectivity index (χ3n) is 2.63. The summed E-state index contributed by atoms with van der Waals surface area (Å²) in [5, 5.41) is 14.8. The summed E-state index contributed by atoms with van der Waals surface area (Å²) >= 11 is 1.08. The third kappa shape index (κ3) is 90.1. The van der Waals surface area contributed by atoms with Crippen LogP contribution in [0.2, 0.25) is 0 Å². The van der Waals surface area contributed by atoms with Crippen LogP contribution < -0.4 is 25.1 Å². The highest BCUT2D eigenvalue weighted by atomic mass is 32.1. The van der Waals surface area contributed by atoms with Gasteiger partial charge in [0, 0.05) is 25.6 Å². The molecule has 0 fully saturated rings. The molecule has 0 saturated heterocycles. The van der Waals surface area contributed by atoms with Crippen molar-refractivity contribution in [2.24, 2.45) is 0 Å². The van der Waals surface area contributed by atoms with Crippen LogP contribution in [0.25, 0.3) is 0 Å². The lowest BCUT2D eigenvalue weighted by atomic mass is 10.2. The Balaban J connectivity index is -0.000000100. The van der Waals surface area contributed by atoms with E-state index in [1.54, 1.807) is 6.92 Å². The van der Waals surface area contributed by atoms with E-state index in [9.17, 15) is 24.4 Å². The Labute approximate surface area is 272 Å². The normalized spacial score (nSPS) is 11.1. The predicted octanol–water partition coefficient (Wildman–Crippen LogP) is -1.62. The Morgan fingerprint density at radius 2 is 1.04 bits per heavy atom. The maximum atomic E-state index is 10.3. The number of carboxylic acid groups (broad SMARTS) is 2. The summed E-state index contributed by atoms with van der Waals surface area (Å²) in [6.07, 6.45) is 0. The van der Waals surface area contributed by atoms with Crippen molar-refractivity contribution >= 4 is 55.9 Å². The van der Waals surface area contributed by atoms with Gasteiger partial charge in [-0.1, -0.05) is 35.9 Å². The Morgan fingerprint density at radius 1 is 0.761 bits per heavy atom. The minimum absolute atomic E-state index is 0.0787. The summed E-state index contributed by atoms with van der Waals surface area (Å²) in [5.41, 5.74) is 1.79. The van der Waals surface area contributed by atoms with Gasteiger partial charge in [0.25, 0.3) is 17.5 Å². The number of hydrogen-bond acceptors (Lipinski definition) is 19. The molecule has 9 N–H and O–H groups in total. The monoisotopic (exact) mass is 772 g/mol. The molecule has 26 heteroatoms. The van der Waals surface area contributed by atoms with Crippen molar-refractivity contribution in [2.45, 2.75) is 27.7 Å². The number of hydrogen-bond donors (Lipinski definition) is 9. The van der Waals surface area contributed by atoms with E-state index in [2.05, 4.69) is 45.9 Å². The van der Waals surface area contributed by atoms with E-state index in [0.29, 0.717) is 5.69 Å². The zero-order valence-electron chi connectivity index (χ0n) is 26.6. The highest BCUT2D eigenvalue weighted by Crippen LogP contribution is 2.44. The molecule has 0 saturated carbocycles. The van der Waals surface area contributed by atoms with Crippen molar-refractivity contribution in [2.75, 3.05) is 41.8 Å². The van der Waals surface area contributed by atoms with E-state index in [1.165, 1.54) is 12.7 Å². The number of phosphoric acid groups is 2. The van der Waals surface area contributed by atoms with Gasteiger partial charge in [-0.25, -0.2) is 19.2 Å². The van der Waals surface area contributed by atoms with Crippen LogP contribution >= 0.6 is 44.0 Å². The molecule has 2 aromatic rings. The van der Waals surface area contributed by atoms with Crippen LogP contribution in [0.3, 0.4) is 0 Å². The van der Waals surface area contributed by atoms with Gasteiger partial charge in [0.05, 0.1) is 41.8 Å². The summed E-state index contributed by atoms with van der Waals surface area (Å²) in [4.78, 5) is 114. The zero-order chi connectivity index (χ0) is 38.4. The first-order valence-electron chi connectivity index (χ1n) is 11.3. The second kappa shape index (κ2) is 32.2. The fourth-order valence-corrected chi connectivity index (χ4v) is 1.50. The largest absolute Gasteiger partial charge is 0.632 e. The first-order valence-corrected chi connectivity index (χ1v) is 19.2. The van der Waals surface area contributed by atoms with Crippen LogP contribution in [0.1, 0.15) is 25.1 Å². The van der Waals surface area contributed by atoms with Crippen LogP contribution in [0, 0.1) is 13.8 Å². The van der Waals surface area contributed by atoms with Crippen molar-refractivity contribution in [1.29, 1.82) is 0 Å². The number of nitrogens with zero attached hydrogens (tertiary/aromatic N) is 1. The zero-order valence-corrected chi connectivity index (χ0v) is 31.0. The number of carboxylic acids is 2. The summed E-state index contributed by atoms with van der Waals surface area (Å²) in [6.45, 7) is 7.91. The van der Waals surface area contributed by atoms with E-state index in [0.717, 1.165) is 60.2 Å². The van der Waals surface area contributed by atoms with Gasteiger partial charge in [0.15, 0.2) is 0 Å². The quantitative estimate of drug-likeness (QED) is 0.158. The number of aromatic nitrogens is 2.